The fourth-order valence-corrected chi connectivity index (χ4v) is 3.48. The maximum atomic E-state index is 10.7. The molecular weight excluding hydrogens is 314 g/mol. The third-order valence-electron chi connectivity index (χ3n) is 5.19. The first kappa shape index (κ1) is 17.5. The first-order valence-electron chi connectivity index (χ1n) is 8.72. The van der Waals surface area contributed by atoms with Gasteiger partial charge >= 0.3 is 0 Å². The van der Waals surface area contributed by atoms with Crippen molar-refractivity contribution < 1.29 is 9.47 Å². The summed E-state index contributed by atoms with van der Waals surface area (Å²) in [5, 5.41) is 3.06. The molecule has 1 atom stereocenters. The number of nitroso groups, excluding NO2 is 1. The van der Waals surface area contributed by atoms with Crippen molar-refractivity contribution in [3.63, 3.8) is 0 Å². The Morgan fingerprint density at radius 3 is 2.52 bits per heavy atom. The summed E-state index contributed by atoms with van der Waals surface area (Å²) in [6, 6.07) is 10.2. The zero-order valence-electron chi connectivity index (χ0n) is 15.4. The minimum absolute atomic E-state index is 0.177. The molecule has 0 saturated heterocycles. The normalized spacial score (nSPS) is 19.0. The lowest BCUT2D eigenvalue weighted by molar-refractivity contribution is 0.0725. The zero-order chi connectivity index (χ0) is 18.0. The molecule has 0 aliphatic carbocycles. The molecule has 0 spiro atoms. The number of hydrogen-bond acceptors (Lipinski definition) is 4. The molecule has 0 radical (unpaired) electrons. The molecule has 0 amide bonds. The summed E-state index contributed by atoms with van der Waals surface area (Å²) < 4.78 is 12.4. The fourth-order valence-electron chi connectivity index (χ4n) is 3.48. The van der Waals surface area contributed by atoms with E-state index in [2.05, 4.69) is 38.1 Å². The molecule has 25 heavy (non-hydrogen) atoms. The molecule has 1 unspecified atom stereocenters. The molecule has 0 N–H and O–H groups in total. The number of fused-ring (bicyclic) bond motifs is 1. The van der Waals surface area contributed by atoms with E-state index in [1.54, 1.807) is 0 Å². The largest absolute Gasteiger partial charge is 0.488 e. The summed E-state index contributed by atoms with van der Waals surface area (Å²) in [7, 11) is 0. The zero-order valence-corrected chi connectivity index (χ0v) is 15.4. The van der Waals surface area contributed by atoms with Gasteiger partial charge in [-0.05, 0) is 62.8 Å². The van der Waals surface area contributed by atoms with Crippen LogP contribution in [0.4, 0.5) is 0 Å². The Morgan fingerprint density at radius 1 is 1.12 bits per heavy atom. The van der Waals surface area contributed by atoms with Crippen LogP contribution in [0.25, 0.3) is 0 Å². The van der Waals surface area contributed by atoms with Crippen LogP contribution in [0.5, 0.6) is 11.5 Å². The highest BCUT2D eigenvalue weighted by Crippen LogP contribution is 2.44. The summed E-state index contributed by atoms with van der Waals surface area (Å²) in [6.07, 6.45) is 1.66. The lowest BCUT2D eigenvalue weighted by Gasteiger charge is -2.36. The second kappa shape index (κ2) is 6.87. The quantitative estimate of drug-likeness (QED) is 0.717. The molecular formula is C21H25NO3. The highest BCUT2D eigenvalue weighted by molar-refractivity contribution is 5.59. The minimum Gasteiger partial charge on any atom is -0.488 e. The van der Waals surface area contributed by atoms with Crippen molar-refractivity contribution in [3.8, 4) is 11.5 Å². The maximum absolute atomic E-state index is 10.7. The molecule has 4 heteroatoms. The van der Waals surface area contributed by atoms with Crippen LogP contribution in [0.15, 0.2) is 35.5 Å². The fraction of sp³-hybridized carbons (Fsp3) is 0.429. The molecule has 0 fully saturated rings. The first-order chi connectivity index (χ1) is 11.9. The maximum Gasteiger partial charge on any atom is 0.129 e. The minimum atomic E-state index is -0.509. The van der Waals surface area contributed by atoms with Gasteiger partial charge in [0.15, 0.2) is 0 Å². The Bertz CT molecular complexity index is 786. The Morgan fingerprint density at radius 2 is 1.84 bits per heavy atom. The van der Waals surface area contributed by atoms with Gasteiger partial charge in [0.1, 0.15) is 30.3 Å². The second-order valence-corrected chi connectivity index (χ2v) is 7.13. The van der Waals surface area contributed by atoms with E-state index in [0.29, 0.717) is 6.61 Å². The topological polar surface area (TPSA) is 47.9 Å². The van der Waals surface area contributed by atoms with E-state index in [-0.39, 0.29) is 6.54 Å². The Hall–Kier alpha value is -2.36. The van der Waals surface area contributed by atoms with E-state index < -0.39 is 5.60 Å². The van der Waals surface area contributed by atoms with Crippen LogP contribution in [0, 0.1) is 25.7 Å². The van der Waals surface area contributed by atoms with E-state index >= 15 is 0 Å². The highest BCUT2D eigenvalue weighted by Gasteiger charge is 2.35. The smallest absolute Gasteiger partial charge is 0.129 e. The van der Waals surface area contributed by atoms with E-state index in [1.165, 1.54) is 5.56 Å². The standard InChI is InChI=1S/C21H25NO3/c1-14-15(2)20-18(10-11-21(4,25-20)13-22-23)16(3)19(14)24-12-17-8-6-5-7-9-17/h5-9H,10-13H2,1-4H3. The van der Waals surface area contributed by atoms with Gasteiger partial charge in [-0.25, -0.2) is 0 Å². The molecule has 2 aromatic rings. The van der Waals surface area contributed by atoms with Crippen molar-refractivity contribution in [1.82, 2.24) is 0 Å². The van der Waals surface area contributed by atoms with Gasteiger partial charge in [-0.3, -0.25) is 0 Å². The number of benzene rings is 2. The van der Waals surface area contributed by atoms with E-state index in [9.17, 15) is 4.91 Å². The lowest BCUT2D eigenvalue weighted by atomic mass is 9.87. The van der Waals surface area contributed by atoms with Crippen molar-refractivity contribution in [2.45, 2.75) is 52.7 Å². The predicted molar refractivity (Wildman–Crippen MR) is 99.4 cm³/mol. The SMILES string of the molecule is Cc1c(C)c2c(c(C)c1OCc1ccccc1)CCC(C)(CN=O)O2. The Balaban J connectivity index is 1.92. The van der Waals surface area contributed by atoms with Crippen LogP contribution in [0.2, 0.25) is 0 Å². The average molecular weight is 339 g/mol. The molecule has 2 aromatic carbocycles. The van der Waals surface area contributed by atoms with Gasteiger partial charge in [-0.15, -0.1) is 0 Å². The van der Waals surface area contributed by atoms with Gasteiger partial charge in [0.25, 0.3) is 0 Å². The van der Waals surface area contributed by atoms with Crippen molar-refractivity contribution in [2.75, 3.05) is 6.54 Å². The van der Waals surface area contributed by atoms with Crippen LogP contribution in [0.3, 0.4) is 0 Å². The van der Waals surface area contributed by atoms with Crippen molar-refractivity contribution in [1.29, 1.82) is 0 Å². The monoisotopic (exact) mass is 339 g/mol. The van der Waals surface area contributed by atoms with Crippen LogP contribution in [-0.4, -0.2) is 12.1 Å². The van der Waals surface area contributed by atoms with Gasteiger partial charge in [-0.2, -0.15) is 4.91 Å². The number of hydrogen-bond donors (Lipinski definition) is 0. The highest BCUT2D eigenvalue weighted by atomic mass is 16.5. The van der Waals surface area contributed by atoms with Crippen molar-refractivity contribution in [2.24, 2.45) is 5.18 Å². The molecule has 0 aromatic heterocycles. The molecule has 1 aliphatic rings. The van der Waals surface area contributed by atoms with E-state index in [0.717, 1.165) is 46.6 Å². The van der Waals surface area contributed by atoms with Gasteiger partial charge in [-0.1, -0.05) is 35.5 Å². The number of nitrogens with zero attached hydrogens (tertiary/aromatic N) is 1. The van der Waals surface area contributed by atoms with E-state index in [1.807, 2.05) is 25.1 Å². The van der Waals surface area contributed by atoms with Crippen LogP contribution >= 0.6 is 0 Å². The van der Waals surface area contributed by atoms with Crippen molar-refractivity contribution in [3.05, 3.63) is 63.1 Å². The Labute approximate surface area is 149 Å². The molecule has 3 rings (SSSR count). The van der Waals surface area contributed by atoms with Gasteiger partial charge in [0.2, 0.25) is 0 Å². The average Bonchev–Trinajstić information content (AvgIpc) is 2.60. The Kier molecular flexibility index (Phi) is 4.80. The van der Waals surface area contributed by atoms with Crippen LogP contribution < -0.4 is 9.47 Å². The van der Waals surface area contributed by atoms with E-state index in [4.69, 9.17) is 9.47 Å². The summed E-state index contributed by atoms with van der Waals surface area (Å²) in [4.78, 5) is 10.7. The van der Waals surface area contributed by atoms with Gasteiger partial charge in [0.05, 0.1) is 0 Å². The molecule has 132 valence electrons. The first-order valence-corrected chi connectivity index (χ1v) is 8.72. The lowest BCUT2D eigenvalue weighted by Crippen LogP contribution is -2.39. The summed E-state index contributed by atoms with van der Waals surface area (Å²) in [5.74, 6) is 1.85. The molecule has 0 bridgehead atoms. The third-order valence-corrected chi connectivity index (χ3v) is 5.19. The summed E-state index contributed by atoms with van der Waals surface area (Å²) in [6.45, 7) is 8.90. The van der Waals surface area contributed by atoms with Crippen LogP contribution in [0.1, 0.15) is 41.2 Å². The van der Waals surface area contributed by atoms with Crippen LogP contribution in [-0.2, 0) is 13.0 Å². The molecule has 1 heterocycles. The predicted octanol–water partition coefficient (Wildman–Crippen LogP) is 5.04. The molecule has 4 nitrogen and oxygen atoms in total. The summed E-state index contributed by atoms with van der Waals surface area (Å²) in [5.41, 5.74) is 5.14. The van der Waals surface area contributed by atoms with Gasteiger partial charge in [0, 0.05) is 5.56 Å². The number of rotatable bonds is 5. The molecule has 0 saturated carbocycles. The van der Waals surface area contributed by atoms with Gasteiger partial charge < -0.3 is 9.47 Å². The summed E-state index contributed by atoms with van der Waals surface area (Å²) >= 11 is 0. The second-order valence-electron chi connectivity index (χ2n) is 7.13. The van der Waals surface area contributed by atoms with Crippen molar-refractivity contribution >= 4 is 0 Å². The third kappa shape index (κ3) is 3.39. The molecule has 1 aliphatic heterocycles. The number of ether oxygens (including phenoxy) is 2.